The zero-order valence-corrected chi connectivity index (χ0v) is 16.5. The maximum Gasteiger partial charge on any atom is 0.323 e. The Balaban J connectivity index is 2.01. The van der Waals surface area contributed by atoms with Crippen molar-refractivity contribution in [3.63, 3.8) is 0 Å². The Morgan fingerprint density at radius 1 is 0.897 bits per heavy atom. The van der Waals surface area contributed by atoms with Crippen LogP contribution >= 0.6 is 0 Å². The van der Waals surface area contributed by atoms with Crippen LogP contribution in [-0.4, -0.2) is 25.4 Å². The van der Waals surface area contributed by atoms with Gasteiger partial charge in [-0.15, -0.1) is 0 Å². The number of carbonyl (C=O) groups excluding carboxylic acids is 2. The molecule has 4 heteroatoms. The number of methoxy groups -OCH3 is 1. The summed E-state index contributed by atoms with van der Waals surface area (Å²) < 4.78 is 5.04. The van der Waals surface area contributed by atoms with Gasteiger partial charge in [-0.05, 0) is 27.8 Å². The Morgan fingerprint density at radius 2 is 1.41 bits per heavy atom. The lowest BCUT2D eigenvalue weighted by molar-refractivity contribution is -0.146. The largest absolute Gasteiger partial charge is 0.468 e. The summed E-state index contributed by atoms with van der Waals surface area (Å²) in [5.74, 6) is -1.01. The van der Waals surface area contributed by atoms with Crippen molar-refractivity contribution in [2.75, 3.05) is 7.11 Å². The van der Waals surface area contributed by atoms with Crippen LogP contribution in [0.15, 0.2) is 78.9 Å². The normalized spacial score (nSPS) is 15.7. The quantitative estimate of drug-likeness (QED) is 0.516. The van der Waals surface area contributed by atoms with Crippen molar-refractivity contribution in [3.05, 3.63) is 95.6 Å². The minimum Gasteiger partial charge on any atom is -0.468 e. The van der Waals surface area contributed by atoms with Crippen molar-refractivity contribution in [3.8, 4) is 11.1 Å². The SMILES string of the molecule is COC(=O)[C@@H](NC1(c2ccccc2)c2ccccc2-c2ccccc21)[C@@H](C)C=O. The molecule has 0 spiro atoms. The van der Waals surface area contributed by atoms with Crippen LogP contribution in [0, 0.1) is 5.92 Å². The summed E-state index contributed by atoms with van der Waals surface area (Å²) in [5, 5.41) is 3.55. The molecule has 3 aromatic carbocycles. The smallest absolute Gasteiger partial charge is 0.323 e. The summed E-state index contributed by atoms with van der Waals surface area (Å²) in [4.78, 5) is 24.3. The number of benzene rings is 3. The molecular formula is C25H23NO3. The van der Waals surface area contributed by atoms with Crippen molar-refractivity contribution >= 4 is 12.3 Å². The molecule has 4 rings (SSSR count). The molecular weight excluding hydrogens is 362 g/mol. The molecule has 146 valence electrons. The van der Waals surface area contributed by atoms with Crippen LogP contribution in [0.3, 0.4) is 0 Å². The van der Waals surface area contributed by atoms with Gasteiger partial charge in [0.05, 0.1) is 12.6 Å². The van der Waals surface area contributed by atoms with Crippen LogP contribution in [0.5, 0.6) is 0 Å². The van der Waals surface area contributed by atoms with Gasteiger partial charge in [-0.2, -0.15) is 0 Å². The van der Waals surface area contributed by atoms with Crippen molar-refractivity contribution in [2.24, 2.45) is 5.92 Å². The van der Waals surface area contributed by atoms with Gasteiger partial charge in [-0.1, -0.05) is 85.8 Å². The molecule has 0 bridgehead atoms. The van der Waals surface area contributed by atoms with E-state index in [-0.39, 0.29) is 0 Å². The van der Waals surface area contributed by atoms with Gasteiger partial charge < -0.3 is 9.53 Å². The maximum absolute atomic E-state index is 12.7. The molecule has 1 aliphatic rings. The third-order valence-electron chi connectivity index (χ3n) is 5.73. The van der Waals surface area contributed by atoms with Crippen molar-refractivity contribution in [1.29, 1.82) is 0 Å². The van der Waals surface area contributed by atoms with Gasteiger partial charge in [0.15, 0.2) is 0 Å². The molecule has 0 aromatic heterocycles. The molecule has 0 heterocycles. The lowest BCUT2D eigenvalue weighted by Gasteiger charge is -2.37. The number of nitrogens with one attached hydrogen (secondary N) is 1. The van der Waals surface area contributed by atoms with Gasteiger partial charge in [-0.25, -0.2) is 0 Å². The van der Waals surface area contributed by atoms with E-state index in [1.165, 1.54) is 7.11 Å². The highest BCUT2D eigenvalue weighted by atomic mass is 16.5. The fraction of sp³-hybridized carbons (Fsp3) is 0.200. The number of fused-ring (bicyclic) bond motifs is 3. The first kappa shape index (κ1) is 19.1. The van der Waals surface area contributed by atoms with Crippen LogP contribution in [0.2, 0.25) is 0 Å². The van der Waals surface area contributed by atoms with Gasteiger partial charge in [0, 0.05) is 5.92 Å². The van der Waals surface area contributed by atoms with Gasteiger partial charge in [0.2, 0.25) is 0 Å². The number of carbonyl (C=O) groups is 2. The van der Waals surface area contributed by atoms with Gasteiger partial charge >= 0.3 is 5.97 Å². The summed E-state index contributed by atoms with van der Waals surface area (Å²) >= 11 is 0. The van der Waals surface area contributed by atoms with E-state index < -0.39 is 23.5 Å². The van der Waals surface area contributed by atoms with Crippen LogP contribution in [0.4, 0.5) is 0 Å². The second-order valence-corrected chi connectivity index (χ2v) is 7.35. The second kappa shape index (κ2) is 7.64. The van der Waals surface area contributed by atoms with Gasteiger partial charge in [-0.3, -0.25) is 10.1 Å². The predicted molar refractivity (Wildman–Crippen MR) is 112 cm³/mol. The average Bonchev–Trinajstić information content (AvgIpc) is 3.08. The molecule has 4 nitrogen and oxygen atoms in total. The Bertz CT molecular complexity index is 999. The standard InChI is InChI=1S/C25H23NO3/c1-17(16-27)23(24(28)29-2)26-25(18-10-4-3-5-11-18)21-14-8-6-12-19(21)20-13-7-9-15-22(20)25/h3-17,23,26H,1-2H3/t17-,23-/m0/s1. The van der Waals surface area contributed by atoms with Crippen molar-refractivity contribution in [2.45, 2.75) is 18.5 Å². The molecule has 0 saturated heterocycles. The fourth-order valence-corrected chi connectivity index (χ4v) is 4.32. The average molecular weight is 385 g/mol. The Morgan fingerprint density at radius 3 is 1.93 bits per heavy atom. The summed E-state index contributed by atoms with van der Waals surface area (Å²) in [6.07, 6.45) is 0.792. The Hall–Kier alpha value is -3.24. The van der Waals surface area contributed by atoms with Crippen molar-refractivity contribution in [1.82, 2.24) is 5.32 Å². The third kappa shape index (κ3) is 2.97. The predicted octanol–water partition coefficient (Wildman–Crippen LogP) is 3.93. The van der Waals surface area contributed by atoms with Gasteiger partial charge in [0.25, 0.3) is 0 Å². The van der Waals surface area contributed by atoms with E-state index in [1.54, 1.807) is 6.92 Å². The molecule has 0 amide bonds. The number of aldehydes is 1. The highest BCUT2D eigenvalue weighted by molar-refractivity contribution is 5.85. The second-order valence-electron chi connectivity index (χ2n) is 7.35. The molecule has 29 heavy (non-hydrogen) atoms. The molecule has 0 saturated carbocycles. The van der Waals surface area contributed by atoms with E-state index in [4.69, 9.17) is 4.74 Å². The summed E-state index contributed by atoms with van der Waals surface area (Å²) in [6.45, 7) is 1.73. The van der Waals surface area contributed by atoms with Crippen LogP contribution < -0.4 is 5.32 Å². The minimum absolute atomic E-state index is 0.457. The lowest BCUT2D eigenvalue weighted by atomic mass is 9.79. The van der Waals surface area contributed by atoms with E-state index in [0.717, 1.165) is 34.1 Å². The van der Waals surface area contributed by atoms with Crippen LogP contribution in [-0.2, 0) is 19.9 Å². The minimum atomic E-state index is -0.795. The molecule has 1 aliphatic carbocycles. The van der Waals surface area contributed by atoms with Crippen LogP contribution in [0.25, 0.3) is 11.1 Å². The van der Waals surface area contributed by atoms with E-state index in [9.17, 15) is 9.59 Å². The first-order valence-corrected chi connectivity index (χ1v) is 9.69. The maximum atomic E-state index is 12.7. The molecule has 1 N–H and O–H groups in total. The van der Waals surface area contributed by atoms with E-state index >= 15 is 0 Å². The highest BCUT2D eigenvalue weighted by Gasteiger charge is 2.47. The first-order chi connectivity index (χ1) is 14.1. The highest BCUT2D eigenvalue weighted by Crippen LogP contribution is 2.51. The zero-order chi connectivity index (χ0) is 20.4. The number of esters is 1. The lowest BCUT2D eigenvalue weighted by Crippen LogP contribution is -2.54. The topological polar surface area (TPSA) is 55.4 Å². The third-order valence-corrected chi connectivity index (χ3v) is 5.73. The number of hydrogen-bond acceptors (Lipinski definition) is 4. The fourth-order valence-electron chi connectivity index (χ4n) is 4.32. The molecule has 0 unspecified atom stereocenters. The summed E-state index contributed by atoms with van der Waals surface area (Å²) in [7, 11) is 1.35. The van der Waals surface area contributed by atoms with Gasteiger partial charge in [0.1, 0.15) is 12.3 Å². The van der Waals surface area contributed by atoms with E-state index in [2.05, 4.69) is 29.6 Å². The summed E-state index contributed by atoms with van der Waals surface area (Å²) in [6, 6.07) is 25.6. The Kier molecular flexibility index (Phi) is 5.03. The number of ether oxygens (including phenoxy) is 1. The number of rotatable bonds is 6. The first-order valence-electron chi connectivity index (χ1n) is 9.69. The molecule has 0 aliphatic heterocycles. The van der Waals surface area contributed by atoms with Crippen molar-refractivity contribution < 1.29 is 14.3 Å². The van der Waals surface area contributed by atoms with E-state index in [1.807, 2.05) is 54.6 Å². The monoisotopic (exact) mass is 385 g/mol. The zero-order valence-electron chi connectivity index (χ0n) is 16.5. The Labute approximate surface area is 170 Å². The van der Waals surface area contributed by atoms with Crippen LogP contribution in [0.1, 0.15) is 23.6 Å². The summed E-state index contributed by atoms with van der Waals surface area (Å²) in [5.41, 5.74) is 4.57. The molecule has 3 aromatic rings. The molecule has 0 radical (unpaired) electrons. The van der Waals surface area contributed by atoms with E-state index in [0.29, 0.717) is 0 Å². The molecule has 2 atom stereocenters. The molecule has 0 fully saturated rings. The number of hydrogen-bond donors (Lipinski definition) is 1.